The molecule has 0 radical (unpaired) electrons. The molecule has 0 spiro atoms. The molecule has 2 atom stereocenters. The monoisotopic (exact) mass is 364 g/mol. The fourth-order valence-corrected chi connectivity index (χ4v) is 3.96. The number of rotatable bonds is 7. The van der Waals surface area contributed by atoms with Crippen LogP contribution in [0.25, 0.3) is 0 Å². The van der Waals surface area contributed by atoms with Gasteiger partial charge in [0, 0.05) is 39.3 Å². The second kappa shape index (κ2) is 11.3. The Hall–Kier alpha value is -1.46. The summed E-state index contributed by atoms with van der Waals surface area (Å²) in [5.74, 6) is 2.95. The van der Waals surface area contributed by atoms with Crippen LogP contribution >= 0.6 is 0 Å². The van der Waals surface area contributed by atoms with Gasteiger partial charge < -0.3 is 21.3 Å². The number of hydrogen-bond acceptors (Lipinski definition) is 2. The van der Waals surface area contributed by atoms with Crippen molar-refractivity contribution in [1.29, 1.82) is 0 Å². The summed E-state index contributed by atoms with van der Waals surface area (Å²) in [7, 11) is 0. The van der Waals surface area contributed by atoms with Gasteiger partial charge >= 0.3 is 0 Å². The molecule has 0 aromatic carbocycles. The molecule has 2 aliphatic rings. The zero-order valence-electron chi connectivity index (χ0n) is 17.0. The van der Waals surface area contributed by atoms with E-state index in [4.69, 9.17) is 11.5 Å². The maximum atomic E-state index is 6.13. The van der Waals surface area contributed by atoms with E-state index >= 15 is 0 Å². The number of piperidine rings is 2. The quantitative estimate of drug-likeness (QED) is 0.413. The number of nitrogens with zero attached hydrogens (tertiary/aromatic N) is 4. The summed E-state index contributed by atoms with van der Waals surface area (Å²) in [6.45, 7) is 10.5. The van der Waals surface area contributed by atoms with Crippen LogP contribution in [-0.2, 0) is 0 Å². The van der Waals surface area contributed by atoms with Crippen molar-refractivity contribution in [3.8, 4) is 0 Å². The molecule has 6 nitrogen and oxygen atoms in total. The molecule has 0 aromatic heterocycles. The summed E-state index contributed by atoms with van der Waals surface area (Å²) in [6, 6.07) is 0. The minimum Gasteiger partial charge on any atom is -0.370 e. The van der Waals surface area contributed by atoms with Gasteiger partial charge in [-0.2, -0.15) is 0 Å². The normalized spacial score (nSPS) is 25.6. The standard InChI is InChI=1S/C20H40N6/c1-17-9-7-13-25(15-17)19(21)23-11-5-3-4-6-12-24-20(22)26-14-8-10-18(2)16-26/h17-18H,3-16H2,1-2H3,(H2,21,23)(H2,22,24). The van der Waals surface area contributed by atoms with Gasteiger partial charge in [-0.3, -0.25) is 9.98 Å². The summed E-state index contributed by atoms with van der Waals surface area (Å²) < 4.78 is 0. The molecule has 0 aromatic rings. The Labute approximate surface area is 160 Å². The lowest BCUT2D eigenvalue weighted by Crippen LogP contribution is -2.43. The first-order valence-electron chi connectivity index (χ1n) is 10.7. The lowest BCUT2D eigenvalue weighted by molar-refractivity contribution is 0.270. The van der Waals surface area contributed by atoms with E-state index in [0.717, 1.165) is 75.9 Å². The van der Waals surface area contributed by atoms with Gasteiger partial charge in [0.25, 0.3) is 0 Å². The van der Waals surface area contributed by atoms with E-state index in [1.54, 1.807) is 0 Å². The van der Waals surface area contributed by atoms with Crippen molar-refractivity contribution in [1.82, 2.24) is 9.80 Å². The molecule has 6 heteroatoms. The van der Waals surface area contributed by atoms with Crippen LogP contribution < -0.4 is 11.5 Å². The van der Waals surface area contributed by atoms with Gasteiger partial charge in [-0.25, -0.2) is 0 Å². The third kappa shape index (κ3) is 7.42. The minimum atomic E-state index is 0.735. The molecule has 0 amide bonds. The van der Waals surface area contributed by atoms with E-state index < -0.39 is 0 Å². The highest BCUT2D eigenvalue weighted by molar-refractivity contribution is 5.78. The van der Waals surface area contributed by atoms with Crippen molar-refractivity contribution >= 4 is 11.9 Å². The molecular formula is C20H40N6. The van der Waals surface area contributed by atoms with Crippen LogP contribution in [0.3, 0.4) is 0 Å². The summed E-state index contributed by atoms with van der Waals surface area (Å²) >= 11 is 0. The Balaban J connectivity index is 1.52. The average Bonchev–Trinajstić information content (AvgIpc) is 2.63. The van der Waals surface area contributed by atoms with E-state index in [2.05, 4.69) is 33.6 Å². The molecule has 2 saturated heterocycles. The summed E-state index contributed by atoms with van der Waals surface area (Å²) in [6.07, 6.45) is 9.67. The Morgan fingerprint density at radius 3 is 1.58 bits per heavy atom. The molecular weight excluding hydrogens is 324 g/mol. The first kappa shape index (κ1) is 20.8. The second-order valence-electron chi connectivity index (χ2n) is 8.28. The van der Waals surface area contributed by atoms with Gasteiger partial charge in [0.1, 0.15) is 0 Å². The number of likely N-dealkylation sites (tertiary alicyclic amines) is 2. The lowest BCUT2D eigenvalue weighted by atomic mass is 10.0. The topological polar surface area (TPSA) is 83.2 Å². The highest BCUT2D eigenvalue weighted by Crippen LogP contribution is 2.16. The van der Waals surface area contributed by atoms with Crippen LogP contribution in [0.1, 0.15) is 65.2 Å². The first-order chi connectivity index (χ1) is 12.6. The number of aliphatic imine (C=N–C) groups is 2. The van der Waals surface area contributed by atoms with E-state index in [0.29, 0.717) is 0 Å². The average molecular weight is 365 g/mol. The smallest absolute Gasteiger partial charge is 0.191 e. The highest BCUT2D eigenvalue weighted by atomic mass is 15.3. The van der Waals surface area contributed by atoms with Gasteiger partial charge in [0.05, 0.1) is 0 Å². The summed E-state index contributed by atoms with van der Waals surface area (Å²) in [5, 5.41) is 0. The van der Waals surface area contributed by atoms with Crippen LogP contribution in [0.4, 0.5) is 0 Å². The molecule has 0 bridgehead atoms. The Bertz CT molecular complexity index is 419. The molecule has 2 fully saturated rings. The van der Waals surface area contributed by atoms with E-state index in [1.165, 1.54) is 38.5 Å². The molecule has 2 rings (SSSR count). The van der Waals surface area contributed by atoms with Crippen LogP contribution in [0.15, 0.2) is 9.98 Å². The molecule has 2 heterocycles. The van der Waals surface area contributed by atoms with Gasteiger partial charge in [-0.1, -0.05) is 26.7 Å². The van der Waals surface area contributed by atoms with Gasteiger partial charge in [0.2, 0.25) is 0 Å². The van der Waals surface area contributed by atoms with Crippen LogP contribution in [0.5, 0.6) is 0 Å². The largest absolute Gasteiger partial charge is 0.370 e. The van der Waals surface area contributed by atoms with Crippen LogP contribution in [-0.4, -0.2) is 61.0 Å². The number of hydrogen-bond donors (Lipinski definition) is 2. The molecule has 0 aliphatic carbocycles. The molecule has 4 N–H and O–H groups in total. The third-order valence-corrected chi connectivity index (χ3v) is 5.58. The molecule has 26 heavy (non-hydrogen) atoms. The lowest BCUT2D eigenvalue weighted by Gasteiger charge is -2.31. The molecule has 150 valence electrons. The summed E-state index contributed by atoms with van der Waals surface area (Å²) in [5.41, 5.74) is 12.3. The zero-order chi connectivity index (χ0) is 18.8. The van der Waals surface area contributed by atoms with Gasteiger partial charge in [-0.05, 0) is 50.4 Å². The predicted octanol–water partition coefficient (Wildman–Crippen LogP) is 2.64. The van der Waals surface area contributed by atoms with Gasteiger partial charge in [-0.15, -0.1) is 0 Å². The minimum absolute atomic E-state index is 0.735. The summed E-state index contributed by atoms with van der Waals surface area (Å²) in [4.78, 5) is 13.6. The van der Waals surface area contributed by atoms with Crippen LogP contribution in [0, 0.1) is 11.8 Å². The van der Waals surface area contributed by atoms with E-state index in [9.17, 15) is 0 Å². The zero-order valence-corrected chi connectivity index (χ0v) is 17.0. The third-order valence-electron chi connectivity index (χ3n) is 5.58. The van der Waals surface area contributed by atoms with Crippen molar-refractivity contribution in [2.24, 2.45) is 33.3 Å². The van der Waals surface area contributed by atoms with E-state index in [-0.39, 0.29) is 0 Å². The number of guanidine groups is 2. The Morgan fingerprint density at radius 1 is 0.769 bits per heavy atom. The fraction of sp³-hybridized carbons (Fsp3) is 0.900. The Morgan fingerprint density at radius 2 is 1.19 bits per heavy atom. The van der Waals surface area contributed by atoms with Crippen LogP contribution in [0.2, 0.25) is 0 Å². The fourth-order valence-electron chi connectivity index (χ4n) is 3.96. The van der Waals surface area contributed by atoms with E-state index in [1.807, 2.05) is 0 Å². The van der Waals surface area contributed by atoms with Crippen molar-refractivity contribution < 1.29 is 0 Å². The van der Waals surface area contributed by atoms with Crippen molar-refractivity contribution in [2.75, 3.05) is 39.3 Å². The Kier molecular flexibility index (Phi) is 9.06. The first-order valence-corrected chi connectivity index (χ1v) is 10.7. The van der Waals surface area contributed by atoms with Crippen molar-refractivity contribution in [3.05, 3.63) is 0 Å². The number of nitrogens with two attached hydrogens (primary N) is 2. The predicted molar refractivity (Wildman–Crippen MR) is 111 cm³/mol. The molecule has 2 unspecified atom stereocenters. The molecule has 0 saturated carbocycles. The maximum Gasteiger partial charge on any atom is 0.191 e. The second-order valence-corrected chi connectivity index (χ2v) is 8.28. The highest BCUT2D eigenvalue weighted by Gasteiger charge is 2.18. The maximum absolute atomic E-state index is 6.13. The van der Waals surface area contributed by atoms with Crippen molar-refractivity contribution in [2.45, 2.75) is 65.2 Å². The SMILES string of the molecule is CC1CCCN(C(N)=NCCCCCCN=C(N)N2CCCC(C)C2)C1. The molecule has 2 aliphatic heterocycles. The van der Waals surface area contributed by atoms with Crippen molar-refractivity contribution in [3.63, 3.8) is 0 Å². The number of unbranched alkanes of at least 4 members (excludes halogenated alkanes) is 3. The van der Waals surface area contributed by atoms with Gasteiger partial charge in [0.15, 0.2) is 11.9 Å².